The molecule has 11 heteroatoms. The minimum Gasteiger partial charge on any atom is -0.481 e. The number of pyridine rings is 3. The van der Waals surface area contributed by atoms with E-state index >= 15 is 0 Å². The van der Waals surface area contributed by atoms with Gasteiger partial charge in [-0.2, -0.15) is 15.5 Å². The van der Waals surface area contributed by atoms with Gasteiger partial charge >= 0.3 is 0 Å². The number of amides is 1. The van der Waals surface area contributed by atoms with Gasteiger partial charge in [0.1, 0.15) is 11.9 Å². The molecule has 4 aliphatic rings. The number of anilines is 2. The first-order valence-electron chi connectivity index (χ1n) is 14.9. The number of nitrogens with one attached hydrogen (secondary N) is 1. The van der Waals surface area contributed by atoms with Gasteiger partial charge < -0.3 is 15.0 Å². The van der Waals surface area contributed by atoms with Crippen molar-refractivity contribution in [2.45, 2.75) is 44.2 Å². The van der Waals surface area contributed by atoms with E-state index < -0.39 is 5.41 Å². The van der Waals surface area contributed by atoms with Crippen molar-refractivity contribution in [1.29, 1.82) is 5.26 Å². The zero-order valence-electron chi connectivity index (χ0n) is 24.5. The second kappa shape index (κ2) is 9.91. The molecule has 44 heavy (non-hydrogen) atoms. The van der Waals surface area contributed by atoms with E-state index in [1.54, 1.807) is 34.9 Å². The van der Waals surface area contributed by atoms with E-state index in [-0.39, 0.29) is 5.91 Å². The summed E-state index contributed by atoms with van der Waals surface area (Å²) in [5, 5.41) is 21.6. The summed E-state index contributed by atoms with van der Waals surface area (Å²) in [5.74, 6) is 1.75. The van der Waals surface area contributed by atoms with E-state index in [1.165, 1.54) is 0 Å². The standard InChI is InChI=1S/C33H31N9O2/c1-40-18-24(16-37-40)22-9-28(31-23(13-34)15-38-41(31)19-22)21-3-5-29(35-14-21)39-32(43)33-10-20-7-26(11-33)42(27(8-20)12-33)25-4-6-30(44-2)36-17-25/h3-6,9,14-20,26-27H,7-8,10-12H2,1-2H3,(H,35,39,43). The van der Waals surface area contributed by atoms with Gasteiger partial charge in [0.15, 0.2) is 0 Å². The van der Waals surface area contributed by atoms with Crippen LogP contribution in [0.2, 0.25) is 0 Å². The summed E-state index contributed by atoms with van der Waals surface area (Å²) in [6.07, 6.45) is 15.7. The smallest absolute Gasteiger partial charge is 0.231 e. The topological polar surface area (TPSA) is 126 Å². The van der Waals surface area contributed by atoms with E-state index in [9.17, 15) is 10.1 Å². The summed E-state index contributed by atoms with van der Waals surface area (Å²) in [7, 11) is 3.50. The summed E-state index contributed by atoms with van der Waals surface area (Å²) in [6, 6.07) is 12.7. The Labute approximate surface area is 254 Å². The monoisotopic (exact) mass is 585 g/mol. The lowest BCUT2D eigenvalue weighted by molar-refractivity contribution is -0.134. The lowest BCUT2D eigenvalue weighted by atomic mass is 9.55. The van der Waals surface area contributed by atoms with Crippen LogP contribution in [0.3, 0.4) is 0 Å². The highest BCUT2D eigenvalue weighted by Crippen LogP contribution is 2.57. The average molecular weight is 586 g/mol. The Morgan fingerprint density at radius 2 is 1.82 bits per heavy atom. The fourth-order valence-electron chi connectivity index (χ4n) is 8.00. The SMILES string of the molecule is COc1ccc(N2C3CC4CC2CC(C(=O)Nc2ccc(-c5cc(-c6cnn(C)c6)cn6ncc(C#N)c56)cn2)(C4)C3)cn1. The van der Waals surface area contributed by atoms with E-state index in [1.807, 2.05) is 49.9 Å². The summed E-state index contributed by atoms with van der Waals surface area (Å²) in [4.78, 5) is 25.5. The van der Waals surface area contributed by atoms with E-state index in [0.717, 1.165) is 60.0 Å². The number of nitrogens with zero attached hydrogens (tertiary/aromatic N) is 8. The van der Waals surface area contributed by atoms with Gasteiger partial charge in [0.25, 0.3) is 0 Å². The number of nitriles is 1. The van der Waals surface area contributed by atoms with Crippen LogP contribution in [0.1, 0.15) is 37.7 Å². The van der Waals surface area contributed by atoms with Crippen molar-refractivity contribution in [2.24, 2.45) is 18.4 Å². The minimum atomic E-state index is -0.392. The number of hydrogen-bond donors (Lipinski definition) is 1. The molecule has 2 unspecified atom stereocenters. The van der Waals surface area contributed by atoms with Crippen LogP contribution in [0.4, 0.5) is 11.5 Å². The number of aromatic nitrogens is 6. The van der Waals surface area contributed by atoms with Crippen molar-refractivity contribution in [3.63, 3.8) is 0 Å². The lowest BCUT2D eigenvalue weighted by Gasteiger charge is -2.61. The van der Waals surface area contributed by atoms with Crippen LogP contribution in [-0.2, 0) is 11.8 Å². The van der Waals surface area contributed by atoms with Crippen LogP contribution in [0.25, 0.3) is 27.8 Å². The third kappa shape index (κ3) is 4.20. The van der Waals surface area contributed by atoms with Crippen LogP contribution in [-0.4, -0.2) is 54.5 Å². The van der Waals surface area contributed by atoms with Gasteiger partial charge in [0.2, 0.25) is 11.8 Å². The molecule has 1 amide bonds. The average Bonchev–Trinajstić information content (AvgIpc) is 3.67. The molecule has 0 spiro atoms. The molecule has 7 heterocycles. The molecule has 2 aliphatic carbocycles. The number of methoxy groups -OCH3 is 1. The Morgan fingerprint density at radius 3 is 2.48 bits per heavy atom. The van der Waals surface area contributed by atoms with Crippen molar-refractivity contribution < 1.29 is 9.53 Å². The maximum Gasteiger partial charge on any atom is 0.231 e. The molecule has 4 fully saturated rings. The second-order valence-corrected chi connectivity index (χ2v) is 12.4. The molecule has 11 nitrogen and oxygen atoms in total. The summed E-state index contributed by atoms with van der Waals surface area (Å²) in [5.41, 5.74) is 5.43. The fraction of sp³-hybridized carbons (Fsp3) is 0.333. The Hall–Kier alpha value is -5.24. The zero-order valence-corrected chi connectivity index (χ0v) is 24.5. The number of aryl methyl sites for hydroxylation is 1. The van der Waals surface area contributed by atoms with Gasteiger partial charge in [-0.05, 0) is 62.3 Å². The number of carbonyl (C=O) groups excluding carboxylic acids is 1. The van der Waals surface area contributed by atoms with Crippen molar-refractivity contribution in [3.8, 4) is 34.2 Å². The molecular weight excluding hydrogens is 554 g/mol. The number of carbonyl (C=O) groups is 1. The molecule has 1 N–H and O–H groups in total. The number of rotatable bonds is 6. The highest BCUT2D eigenvalue weighted by Gasteiger charge is 2.57. The number of fused-ring (bicyclic) bond motifs is 1. The summed E-state index contributed by atoms with van der Waals surface area (Å²) in [6.45, 7) is 0. The maximum atomic E-state index is 13.9. The van der Waals surface area contributed by atoms with Gasteiger partial charge in [-0.25, -0.2) is 14.5 Å². The third-order valence-corrected chi connectivity index (χ3v) is 9.73. The van der Waals surface area contributed by atoms with Crippen molar-refractivity contribution in [2.75, 3.05) is 17.3 Å². The largest absolute Gasteiger partial charge is 0.481 e. The van der Waals surface area contributed by atoms with Gasteiger partial charge in [-0.3, -0.25) is 9.48 Å². The van der Waals surface area contributed by atoms with Gasteiger partial charge in [-0.15, -0.1) is 0 Å². The first kappa shape index (κ1) is 26.4. The van der Waals surface area contributed by atoms with Gasteiger partial charge in [0.05, 0.1) is 47.9 Å². The number of piperidine rings is 2. The molecular formula is C33H31N9O2. The molecule has 5 aromatic rings. The Balaban J connectivity index is 1.05. The molecule has 2 saturated heterocycles. The van der Waals surface area contributed by atoms with Gasteiger partial charge in [0, 0.05) is 66.0 Å². The fourth-order valence-corrected chi connectivity index (χ4v) is 8.00. The molecule has 0 aromatic carbocycles. The Kier molecular flexibility index (Phi) is 5.94. The van der Waals surface area contributed by atoms with E-state index in [0.29, 0.717) is 40.8 Å². The summed E-state index contributed by atoms with van der Waals surface area (Å²) >= 11 is 0. The normalized spacial score (nSPS) is 23.6. The highest BCUT2D eigenvalue weighted by atomic mass is 16.5. The molecule has 0 radical (unpaired) electrons. The van der Waals surface area contributed by atoms with E-state index in [2.05, 4.69) is 42.5 Å². The van der Waals surface area contributed by atoms with Crippen LogP contribution in [0.5, 0.6) is 5.88 Å². The second-order valence-electron chi connectivity index (χ2n) is 12.4. The van der Waals surface area contributed by atoms with Crippen molar-refractivity contribution >= 4 is 22.9 Å². The van der Waals surface area contributed by atoms with Crippen molar-refractivity contribution in [3.05, 3.63) is 73.1 Å². The molecule has 2 aliphatic heterocycles. The third-order valence-electron chi connectivity index (χ3n) is 9.73. The minimum absolute atomic E-state index is 0.0631. The Bertz CT molecular complexity index is 1920. The predicted molar refractivity (Wildman–Crippen MR) is 164 cm³/mol. The molecule has 220 valence electrons. The highest BCUT2D eigenvalue weighted by molar-refractivity contribution is 5.95. The van der Waals surface area contributed by atoms with Crippen LogP contribution in [0.15, 0.2) is 67.5 Å². The van der Waals surface area contributed by atoms with Crippen molar-refractivity contribution in [1.82, 2.24) is 29.4 Å². The molecule has 4 bridgehead atoms. The first-order valence-corrected chi connectivity index (χ1v) is 14.9. The van der Waals surface area contributed by atoms with Crippen LogP contribution < -0.4 is 15.0 Å². The quantitative estimate of drug-likeness (QED) is 0.300. The maximum absolute atomic E-state index is 13.9. The van der Waals surface area contributed by atoms with Crippen LogP contribution >= 0.6 is 0 Å². The van der Waals surface area contributed by atoms with Crippen LogP contribution in [0, 0.1) is 22.7 Å². The Morgan fingerprint density at radius 1 is 0.977 bits per heavy atom. The summed E-state index contributed by atoms with van der Waals surface area (Å²) < 4.78 is 8.73. The number of hydrogen-bond acceptors (Lipinski definition) is 8. The molecule has 9 rings (SSSR count). The molecule has 2 saturated carbocycles. The molecule has 2 atom stereocenters. The van der Waals surface area contributed by atoms with Gasteiger partial charge in [-0.1, -0.05) is 0 Å². The lowest BCUT2D eigenvalue weighted by Crippen LogP contribution is -2.64. The number of ether oxygens (including phenoxy) is 1. The molecule has 5 aromatic heterocycles. The van der Waals surface area contributed by atoms with E-state index in [4.69, 9.17) is 4.74 Å². The first-order chi connectivity index (χ1) is 21.4. The zero-order chi connectivity index (χ0) is 30.0. The predicted octanol–water partition coefficient (Wildman–Crippen LogP) is 4.85.